The highest BCUT2D eigenvalue weighted by Crippen LogP contribution is 2.30. The van der Waals surface area contributed by atoms with E-state index in [-0.39, 0.29) is 11.8 Å². The van der Waals surface area contributed by atoms with Gasteiger partial charge in [0.25, 0.3) is 5.91 Å². The van der Waals surface area contributed by atoms with Gasteiger partial charge in [0.2, 0.25) is 5.91 Å². The highest BCUT2D eigenvalue weighted by atomic mass is 16.2. The van der Waals surface area contributed by atoms with Gasteiger partial charge in [-0.25, -0.2) is 0 Å². The predicted molar refractivity (Wildman–Crippen MR) is 129 cm³/mol. The van der Waals surface area contributed by atoms with Gasteiger partial charge in [0.05, 0.1) is 0 Å². The maximum absolute atomic E-state index is 13.0. The number of anilines is 2. The van der Waals surface area contributed by atoms with E-state index in [1.54, 1.807) is 4.90 Å². The minimum absolute atomic E-state index is 0.129. The Morgan fingerprint density at radius 1 is 1.00 bits per heavy atom. The third-order valence-electron chi connectivity index (χ3n) is 6.47. The van der Waals surface area contributed by atoms with Crippen molar-refractivity contribution in [3.63, 3.8) is 0 Å². The van der Waals surface area contributed by atoms with Crippen LogP contribution in [0.2, 0.25) is 0 Å². The topological polar surface area (TPSA) is 55.9 Å². The van der Waals surface area contributed by atoms with Gasteiger partial charge in [0, 0.05) is 56.2 Å². The summed E-state index contributed by atoms with van der Waals surface area (Å²) in [5, 5.41) is 3.03. The Morgan fingerprint density at radius 2 is 1.72 bits per heavy atom. The molecular formula is C26H32N4O2. The van der Waals surface area contributed by atoms with E-state index in [1.165, 1.54) is 11.6 Å². The first-order valence-corrected chi connectivity index (χ1v) is 11.5. The summed E-state index contributed by atoms with van der Waals surface area (Å²) in [6, 6.07) is 13.7. The van der Waals surface area contributed by atoms with Crippen molar-refractivity contribution in [2.45, 2.75) is 26.3 Å². The van der Waals surface area contributed by atoms with E-state index >= 15 is 0 Å². The standard InChI is InChI=1S/C26H32N4O2/c1-3-25(31)30-14-6-8-22-23(7-5-9-24(22)30)26(32)27-21-12-10-20(11-13-21)19-29-17-15-28(4-2)16-18-29/h3,5,7,9-13H,1,4,6,8,14-19H2,2H3,(H,27,32). The van der Waals surface area contributed by atoms with Crippen molar-refractivity contribution in [3.8, 4) is 0 Å². The van der Waals surface area contributed by atoms with Crippen LogP contribution in [0.4, 0.5) is 11.4 Å². The van der Waals surface area contributed by atoms with Crippen molar-refractivity contribution in [3.05, 3.63) is 71.8 Å². The Labute approximate surface area is 190 Å². The first-order chi connectivity index (χ1) is 15.6. The molecule has 1 saturated heterocycles. The number of amides is 2. The van der Waals surface area contributed by atoms with Gasteiger partial charge in [-0.2, -0.15) is 0 Å². The summed E-state index contributed by atoms with van der Waals surface area (Å²) in [4.78, 5) is 31.9. The van der Waals surface area contributed by atoms with Gasteiger partial charge in [-0.1, -0.05) is 31.7 Å². The Balaban J connectivity index is 1.41. The zero-order chi connectivity index (χ0) is 22.5. The number of rotatable bonds is 6. The monoisotopic (exact) mass is 432 g/mol. The number of nitrogens with zero attached hydrogens (tertiary/aromatic N) is 3. The number of benzene rings is 2. The van der Waals surface area contributed by atoms with Gasteiger partial charge in [0.15, 0.2) is 0 Å². The molecule has 2 aliphatic heterocycles. The number of likely N-dealkylation sites (N-methyl/N-ethyl adjacent to an activating group) is 1. The van der Waals surface area contributed by atoms with E-state index in [4.69, 9.17) is 0 Å². The van der Waals surface area contributed by atoms with Gasteiger partial charge in [-0.3, -0.25) is 14.5 Å². The van der Waals surface area contributed by atoms with E-state index in [1.807, 2.05) is 30.3 Å². The number of nitrogens with one attached hydrogen (secondary N) is 1. The van der Waals surface area contributed by atoms with E-state index in [2.05, 4.69) is 40.8 Å². The molecule has 2 heterocycles. The Kier molecular flexibility index (Phi) is 7.02. The number of hydrogen-bond acceptors (Lipinski definition) is 4. The van der Waals surface area contributed by atoms with Crippen molar-refractivity contribution in [1.82, 2.24) is 9.80 Å². The molecular weight excluding hydrogens is 400 g/mol. The van der Waals surface area contributed by atoms with Crippen molar-refractivity contribution in [2.75, 3.05) is 49.5 Å². The van der Waals surface area contributed by atoms with Crippen LogP contribution in [0.3, 0.4) is 0 Å². The second-order valence-electron chi connectivity index (χ2n) is 8.46. The lowest BCUT2D eigenvalue weighted by atomic mass is 9.95. The summed E-state index contributed by atoms with van der Waals surface area (Å²) in [5.41, 5.74) is 4.40. The molecule has 2 aromatic rings. The van der Waals surface area contributed by atoms with Crippen molar-refractivity contribution >= 4 is 23.2 Å². The lowest BCUT2D eigenvalue weighted by molar-refractivity contribution is -0.114. The molecule has 0 saturated carbocycles. The molecule has 32 heavy (non-hydrogen) atoms. The number of piperazine rings is 1. The molecule has 1 N–H and O–H groups in total. The molecule has 0 radical (unpaired) electrons. The third kappa shape index (κ3) is 4.92. The molecule has 2 aromatic carbocycles. The minimum Gasteiger partial charge on any atom is -0.322 e. The first kappa shape index (κ1) is 22.2. The molecule has 1 fully saturated rings. The lowest BCUT2D eigenvalue weighted by Crippen LogP contribution is -2.45. The fourth-order valence-electron chi connectivity index (χ4n) is 4.59. The highest BCUT2D eigenvalue weighted by molar-refractivity contribution is 6.08. The number of fused-ring (bicyclic) bond motifs is 1. The summed E-state index contributed by atoms with van der Waals surface area (Å²) in [5.74, 6) is -0.270. The van der Waals surface area contributed by atoms with Crippen LogP contribution in [0.15, 0.2) is 55.1 Å². The van der Waals surface area contributed by atoms with E-state index < -0.39 is 0 Å². The Hall–Kier alpha value is -2.96. The molecule has 0 unspecified atom stereocenters. The summed E-state index contributed by atoms with van der Waals surface area (Å²) < 4.78 is 0. The van der Waals surface area contributed by atoms with Crippen molar-refractivity contribution in [2.24, 2.45) is 0 Å². The van der Waals surface area contributed by atoms with Crippen LogP contribution in [0.1, 0.15) is 34.8 Å². The summed E-state index contributed by atoms with van der Waals surface area (Å²) in [7, 11) is 0. The van der Waals surface area contributed by atoms with Crippen LogP contribution in [-0.2, 0) is 17.8 Å². The van der Waals surface area contributed by atoms with E-state index in [9.17, 15) is 9.59 Å². The third-order valence-corrected chi connectivity index (χ3v) is 6.47. The number of hydrogen-bond donors (Lipinski definition) is 1. The van der Waals surface area contributed by atoms with Gasteiger partial charge >= 0.3 is 0 Å². The van der Waals surface area contributed by atoms with Crippen LogP contribution in [0.25, 0.3) is 0 Å². The normalized spacial score (nSPS) is 17.0. The molecule has 2 amide bonds. The molecule has 0 atom stereocenters. The van der Waals surface area contributed by atoms with Crippen LogP contribution >= 0.6 is 0 Å². The number of carbonyl (C=O) groups excluding carboxylic acids is 2. The fourth-order valence-corrected chi connectivity index (χ4v) is 4.59. The molecule has 0 aliphatic carbocycles. The zero-order valence-corrected chi connectivity index (χ0v) is 18.8. The second kappa shape index (κ2) is 10.1. The zero-order valence-electron chi connectivity index (χ0n) is 18.8. The van der Waals surface area contributed by atoms with Crippen molar-refractivity contribution < 1.29 is 9.59 Å². The molecule has 6 heteroatoms. The molecule has 0 aromatic heterocycles. The minimum atomic E-state index is -0.141. The second-order valence-corrected chi connectivity index (χ2v) is 8.46. The van der Waals surface area contributed by atoms with Gasteiger partial charge < -0.3 is 15.1 Å². The molecule has 168 valence electrons. The average Bonchev–Trinajstić information content (AvgIpc) is 2.84. The lowest BCUT2D eigenvalue weighted by Gasteiger charge is -2.34. The molecule has 4 rings (SSSR count). The van der Waals surface area contributed by atoms with Gasteiger partial charge in [-0.05, 0) is 60.9 Å². The van der Waals surface area contributed by atoms with Gasteiger partial charge in [-0.15, -0.1) is 0 Å². The average molecular weight is 433 g/mol. The van der Waals surface area contributed by atoms with E-state index in [0.717, 1.165) is 69.0 Å². The smallest absolute Gasteiger partial charge is 0.256 e. The number of carbonyl (C=O) groups is 2. The largest absolute Gasteiger partial charge is 0.322 e. The van der Waals surface area contributed by atoms with Gasteiger partial charge in [0.1, 0.15) is 0 Å². The quantitative estimate of drug-likeness (QED) is 0.710. The molecule has 0 bridgehead atoms. The maximum Gasteiger partial charge on any atom is 0.256 e. The SMILES string of the molecule is C=CC(=O)N1CCCc2c(C(=O)Nc3ccc(CN4CCN(CC)CC4)cc3)cccc21. The predicted octanol–water partition coefficient (Wildman–Crippen LogP) is 3.54. The molecule has 6 nitrogen and oxygen atoms in total. The van der Waals surface area contributed by atoms with Crippen LogP contribution in [-0.4, -0.2) is 60.9 Å². The van der Waals surface area contributed by atoms with Crippen LogP contribution in [0.5, 0.6) is 0 Å². The molecule has 2 aliphatic rings. The van der Waals surface area contributed by atoms with Crippen LogP contribution in [0, 0.1) is 0 Å². The fraction of sp³-hybridized carbons (Fsp3) is 0.385. The summed E-state index contributed by atoms with van der Waals surface area (Å²) in [6.45, 7) is 13.0. The summed E-state index contributed by atoms with van der Waals surface area (Å²) in [6.07, 6.45) is 2.94. The summed E-state index contributed by atoms with van der Waals surface area (Å²) >= 11 is 0. The maximum atomic E-state index is 13.0. The van der Waals surface area contributed by atoms with Crippen molar-refractivity contribution in [1.29, 1.82) is 0 Å². The Bertz CT molecular complexity index is 978. The Morgan fingerprint density at radius 3 is 2.41 bits per heavy atom. The highest BCUT2D eigenvalue weighted by Gasteiger charge is 2.25. The van der Waals surface area contributed by atoms with Crippen LogP contribution < -0.4 is 10.2 Å². The first-order valence-electron chi connectivity index (χ1n) is 11.5. The van der Waals surface area contributed by atoms with E-state index in [0.29, 0.717) is 12.1 Å². The molecule has 0 spiro atoms.